The van der Waals surface area contributed by atoms with E-state index in [0.717, 1.165) is 0 Å². The first-order valence-electron chi connectivity index (χ1n) is 1.85. The van der Waals surface area contributed by atoms with Gasteiger partial charge in [-0.1, -0.05) is 0 Å². The molecule has 0 amide bonds. The fraction of sp³-hybridized carbons (Fsp3) is 0. The first-order valence-corrected chi connectivity index (χ1v) is 5.55. The predicted octanol–water partition coefficient (Wildman–Crippen LogP) is -14.6. The standard InChI is InChI=1S/3ClHO4.In/c3*2-1(3,4)5;/h3*(H,2,3,4,5);/q;;;+3/p-3. The van der Waals surface area contributed by atoms with Crippen LogP contribution in [0.1, 0.15) is 0 Å². The van der Waals surface area contributed by atoms with Gasteiger partial charge >= 0.3 is 25.8 Å². The van der Waals surface area contributed by atoms with E-state index < -0.39 is 30.7 Å². The Balaban J connectivity index is -0.0000000655. The maximum Gasteiger partial charge on any atom is 3.00 e. The van der Waals surface area contributed by atoms with Gasteiger partial charge in [0.25, 0.3) is 0 Å². The first kappa shape index (κ1) is 26.0. The summed E-state index contributed by atoms with van der Waals surface area (Å²) < 4.78 is 102. The largest absolute Gasteiger partial charge is 3.00 e. The van der Waals surface area contributed by atoms with Gasteiger partial charge in [-0.25, -0.2) is 55.9 Å². The second kappa shape index (κ2) is 10.2. The van der Waals surface area contributed by atoms with E-state index in [4.69, 9.17) is 55.9 Å². The van der Waals surface area contributed by atoms with Crippen molar-refractivity contribution in [3.05, 3.63) is 0 Å². The van der Waals surface area contributed by atoms with E-state index in [1.54, 1.807) is 0 Å². The zero-order valence-corrected chi connectivity index (χ0v) is 12.2. The van der Waals surface area contributed by atoms with Crippen LogP contribution in [0.3, 0.4) is 0 Å². The SMILES string of the molecule is [In+3].[O-][Cl+3]([O-])([O-])[O-].[O-][Cl+3]([O-])([O-])[O-].[O-][Cl+3]([O-])([O-])[O-]. The molecular weight excluding hydrogens is 413 g/mol. The van der Waals surface area contributed by atoms with Crippen molar-refractivity contribution >= 4 is 25.8 Å². The summed E-state index contributed by atoms with van der Waals surface area (Å²) in [6, 6.07) is 0. The van der Waals surface area contributed by atoms with E-state index in [0.29, 0.717) is 0 Å². The average molecular weight is 413 g/mol. The predicted molar refractivity (Wildman–Crippen MR) is 5.75 cm³/mol. The summed E-state index contributed by atoms with van der Waals surface area (Å²) in [7, 11) is -14.8. The van der Waals surface area contributed by atoms with E-state index in [9.17, 15) is 0 Å². The van der Waals surface area contributed by atoms with Gasteiger partial charge in [-0.15, -0.1) is 30.7 Å². The summed E-state index contributed by atoms with van der Waals surface area (Å²) in [6.07, 6.45) is 0. The Bertz CT molecular complexity index is 91.3. The van der Waals surface area contributed by atoms with Crippen LogP contribution in [0.5, 0.6) is 0 Å². The van der Waals surface area contributed by atoms with Crippen molar-refractivity contribution < 1.29 is 86.6 Å². The Labute approximate surface area is 112 Å². The smallest absolute Gasteiger partial charge is 0.222 e. The summed E-state index contributed by atoms with van der Waals surface area (Å²) in [6.45, 7) is 0. The van der Waals surface area contributed by atoms with E-state index >= 15 is 0 Å². The van der Waals surface area contributed by atoms with Crippen LogP contribution >= 0.6 is 0 Å². The molecule has 0 aromatic rings. The molecule has 16 heavy (non-hydrogen) atoms. The van der Waals surface area contributed by atoms with Gasteiger partial charge in [0, 0.05) is 0 Å². The van der Waals surface area contributed by atoms with Crippen molar-refractivity contribution in [2.45, 2.75) is 0 Å². The molecule has 0 rings (SSSR count). The van der Waals surface area contributed by atoms with Crippen LogP contribution in [0.25, 0.3) is 0 Å². The maximum absolute atomic E-state index is 8.49. The van der Waals surface area contributed by atoms with E-state index in [1.807, 2.05) is 0 Å². The van der Waals surface area contributed by atoms with E-state index in [1.165, 1.54) is 0 Å². The minimum Gasteiger partial charge on any atom is -0.222 e. The Hall–Kier alpha value is 1.26. The third-order valence-electron chi connectivity index (χ3n) is 0. The Kier molecular flexibility index (Phi) is 16.6. The monoisotopic (exact) mass is 412 g/mol. The molecule has 0 aliphatic rings. The van der Waals surface area contributed by atoms with Crippen molar-refractivity contribution in [3.63, 3.8) is 0 Å². The second-order valence-corrected chi connectivity index (χ2v) is 3.40. The molecular formula is Cl3InO12. The zero-order chi connectivity index (χ0) is 13.5. The fourth-order valence-corrected chi connectivity index (χ4v) is 0. The molecule has 0 radical (unpaired) electrons. The molecule has 0 aromatic heterocycles. The molecule has 0 saturated heterocycles. The van der Waals surface area contributed by atoms with Gasteiger partial charge in [0.15, 0.2) is 0 Å². The summed E-state index contributed by atoms with van der Waals surface area (Å²) in [5.74, 6) is 0. The molecule has 0 spiro atoms. The fourth-order valence-electron chi connectivity index (χ4n) is 0. The number of hydrogen-bond donors (Lipinski definition) is 0. The molecule has 0 bridgehead atoms. The normalized spacial score (nSPS) is 11.2. The van der Waals surface area contributed by atoms with Crippen LogP contribution in [-0.2, 0) is 0 Å². The molecule has 0 heterocycles. The average Bonchev–Trinajstić information content (AvgIpc) is 1.41. The zero-order valence-electron chi connectivity index (χ0n) is 6.61. The van der Waals surface area contributed by atoms with Crippen LogP contribution in [0.15, 0.2) is 0 Å². The third kappa shape index (κ3) is 1950. The van der Waals surface area contributed by atoms with Crippen molar-refractivity contribution in [1.29, 1.82) is 0 Å². The Morgan fingerprint density at radius 2 is 0.312 bits per heavy atom. The van der Waals surface area contributed by atoms with Crippen LogP contribution in [0, 0.1) is 30.7 Å². The molecule has 0 saturated carbocycles. The third-order valence-corrected chi connectivity index (χ3v) is 0. The van der Waals surface area contributed by atoms with Gasteiger partial charge in [-0.05, 0) is 0 Å². The molecule has 0 aromatic carbocycles. The molecule has 16 heteroatoms. The minimum atomic E-state index is -4.94. The molecule has 12 nitrogen and oxygen atoms in total. The van der Waals surface area contributed by atoms with Gasteiger partial charge in [0.2, 0.25) is 0 Å². The quantitative estimate of drug-likeness (QED) is 0.358. The molecule has 0 N–H and O–H groups in total. The van der Waals surface area contributed by atoms with Gasteiger partial charge in [0.05, 0.1) is 0 Å². The summed E-state index contributed by atoms with van der Waals surface area (Å²) in [5, 5.41) is 0. The number of rotatable bonds is 0. The van der Waals surface area contributed by atoms with Gasteiger partial charge < -0.3 is 0 Å². The Morgan fingerprint density at radius 3 is 0.312 bits per heavy atom. The van der Waals surface area contributed by atoms with Crippen molar-refractivity contribution in [2.75, 3.05) is 0 Å². The van der Waals surface area contributed by atoms with Gasteiger partial charge in [-0.2, -0.15) is 0 Å². The molecule has 0 aliphatic heterocycles. The topological polar surface area (TPSA) is 277 Å². The first-order chi connectivity index (χ1) is 6.00. The maximum atomic E-state index is 8.49. The van der Waals surface area contributed by atoms with Crippen molar-refractivity contribution in [3.8, 4) is 0 Å². The van der Waals surface area contributed by atoms with E-state index in [2.05, 4.69) is 0 Å². The minimum absolute atomic E-state index is 0. The molecule has 0 atom stereocenters. The van der Waals surface area contributed by atoms with Gasteiger partial charge in [0.1, 0.15) is 0 Å². The van der Waals surface area contributed by atoms with Crippen LogP contribution in [0.2, 0.25) is 0 Å². The second-order valence-electron chi connectivity index (χ2n) is 1.13. The number of hydrogen-bond acceptors (Lipinski definition) is 12. The molecule has 0 aliphatic carbocycles. The van der Waals surface area contributed by atoms with Crippen LogP contribution in [-0.4, -0.2) is 25.8 Å². The summed E-state index contributed by atoms with van der Waals surface area (Å²) >= 11 is 0. The Morgan fingerprint density at radius 1 is 0.312 bits per heavy atom. The molecule has 0 unspecified atom stereocenters. The molecule has 0 fully saturated rings. The van der Waals surface area contributed by atoms with E-state index in [-0.39, 0.29) is 25.8 Å². The van der Waals surface area contributed by atoms with Crippen LogP contribution < -0.4 is 55.9 Å². The van der Waals surface area contributed by atoms with Gasteiger partial charge in [-0.3, -0.25) is 0 Å². The summed E-state index contributed by atoms with van der Waals surface area (Å²) in [5.41, 5.74) is 0. The molecule has 96 valence electrons. The van der Waals surface area contributed by atoms with Crippen molar-refractivity contribution in [2.24, 2.45) is 0 Å². The number of halogens is 3. The van der Waals surface area contributed by atoms with Crippen LogP contribution in [0.4, 0.5) is 0 Å². The summed E-state index contributed by atoms with van der Waals surface area (Å²) in [4.78, 5) is 0. The van der Waals surface area contributed by atoms with Crippen molar-refractivity contribution in [1.82, 2.24) is 0 Å².